The molecule has 0 saturated carbocycles. The number of aromatic nitrogens is 2. The molecule has 1 N–H and O–H groups in total. The SMILES string of the molecule is CN1C[C@H](CO)C[C@@H]2c3cccc4ncnc(c34)C[C@H]21. The van der Waals surface area contributed by atoms with E-state index in [-0.39, 0.29) is 6.61 Å². The summed E-state index contributed by atoms with van der Waals surface area (Å²) in [5, 5.41) is 10.8. The fourth-order valence-electron chi connectivity index (χ4n) is 4.07. The van der Waals surface area contributed by atoms with E-state index in [1.165, 1.54) is 16.6 Å². The fourth-order valence-corrected chi connectivity index (χ4v) is 4.07. The van der Waals surface area contributed by atoms with Crippen molar-refractivity contribution in [3.8, 4) is 0 Å². The highest BCUT2D eigenvalue weighted by Gasteiger charge is 2.39. The Balaban J connectivity index is 1.89. The first-order chi connectivity index (χ1) is 9.78. The molecule has 4 rings (SSSR count). The summed E-state index contributed by atoms with van der Waals surface area (Å²) in [6.45, 7) is 1.26. The average molecular weight is 269 g/mol. The molecule has 0 radical (unpaired) electrons. The van der Waals surface area contributed by atoms with Gasteiger partial charge in [0, 0.05) is 36.9 Å². The molecular weight excluding hydrogens is 250 g/mol. The van der Waals surface area contributed by atoms with Gasteiger partial charge in [-0.3, -0.25) is 0 Å². The summed E-state index contributed by atoms with van der Waals surface area (Å²) < 4.78 is 0. The van der Waals surface area contributed by atoms with Crippen LogP contribution in [-0.2, 0) is 6.42 Å². The van der Waals surface area contributed by atoms with Crippen molar-refractivity contribution < 1.29 is 5.11 Å². The molecule has 0 spiro atoms. The predicted octanol–water partition coefficient (Wildman–Crippen LogP) is 1.58. The van der Waals surface area contributed by atoms with Crippen LogP contribution in [0.4, 0.5) is 0 Å². The van der Waals surface area contributed by atoms with E-state index in [4.69, 9.17) is 0 Å². The Morgan fingerprint density at radius 2 is 2.25 bits per heavy atom. The first kappa shape index (κ1) is 12.2. The van der Waals surface area contributed by atoms with Crippen LogP contribution in [0.3, 0.4) is 0 Å². The van der Waals surface area contributed by atoms with Gasteiger partial charge < -0.3 is 10.0 Å². The second-order valence-corrected chi connectivity index (χ2v) is 6.16. The fraction of sp³-hybridized carbons (Fsp3) is 0.500. The second kappa shape index (κ2) is 4.50. The minimum absolute atomic E-state index is 0.279. The van der Waals surface area contributed by atoms with Gasteiger partial charge in [-0.15, -0.1) is 0 Å². The number of rotatable bonds is 1. The minimum atomic E-state index is 0.279. The highest BCUT2D eigenvalue weighted by molar-refractivity contribution is 5.86. The summed E-state index contributed by atoms with van der Waals surface area (Å²) in [7, 11) is 2.17. The molecule has 104 valence electrons. The monoisotopic (exact) mass is 269 g/mol. The average Bonchev–Trinajstić information content (AvgIpc) is 2.48. The minimum Gasteiger partial charge on any atom is -0.396 e. The molecular formula is C16H19N3O. The maximum atomic E-state index is 9.54. The molecule has 1 aliphatic heterocycles. The van der Waals surface area contributed by atoms with E-state index in [0.29, 0.717) is 17.9 Å². The van der Waals surface area contributed by atoms with Gasteiger partial charge in [-0.05, 0) is 31.0 Å². The largest absolute Gasteiger partial charge is 0.396 e. The Hall–Kier alpha value is -1.52. The lowest BCUT2D eigenvalue weighted by Gasteiger charge is -2.45. The maximum absolute atomic E-state index is 9.54. The highest BCUT2D eigenvalue weighted by Crippen LogP contribution is 2.43. The number of aliphatic hydroxyl groups is 1. The predicted molar refractivity (Wildman–Crippen MR) is 77.6 cm³/mol. The number of nitrogens with zero attached hydrogens (tertiary/aromatic N) is 3. The van der Waals surface area contributed by atoms with Crippen molar-refractivity contribution in [3.63, 3.8) is 0 Å². The third-order valence-corrected chi connectivity index (χ3v) is 5.00. The van der Waals surface area contributed by atoms with Crippen molar-refractivity contribution in [2.75, 3.05) is 20.2 Å². The van der Waals surface area contributed by atoms with E-state index in [2.05, 4.69) is 40.1 Å². The van der Waals surface area contributed by atoms with E-state index in [1.54, 1.807) is 6.33 Å². The van der Waals surface area contributed by atoms with Crippen molar-refractivity contribution in [3.05, 3.63) is 35.8 Å². The van der Waals surface area contributed by atoms with Gasteiger partial charge in [-0.2, -0.15) is 0 Å². The number of hydrogen-bond donors (Lipinski definition) is 1. The Kier molecular flexibility index (Phi) is 2.75. The smallest absolute Gasteiger partial charge is 0.116 e. The lowest BCUT2D eigenvalue weighted by Crippen LogP contribution is -2.48. The molecule has 1 aromatic carbocycles. The Morgan fingerprint density at radius 1 is 1.35 bits per heavy atom. The zero-order valence-electron chi connectivity index (χ0n) is 11.7. The molecule has 2 aromatic rings. The van der Waals surface area contributed by atoms with Gasteiger partial charge in [0.25, 0.3) is 0 Å². The van der Waals surface area contributed by atoms with Crippen molar-refractivity contribution in [1.29, 1.82) is 0 Å². The van der Waals surface area contributed by atoms with Crippen molar-refractivity contribution >= 4 is 10.9 Å². The summed E-state index contributed by atoms with van der Waals surface area (Å²) in [4.78, 5) is 11.3. The standard InChI is InChI=1S/C16H19N3O/c1-19-7-10(8-20)5-12-11-3-2-4-13-16(11)14(6-15(12)19)18-9-17-13/h2-4,9-10,12,15,20H,5-8H2,1H3/t10-,12-,15-/m1/s1. The number of hydrogen-bond acceptors (Lipinski definition) is 4. The van der Waals surface area contributed by atoms with Crippen LogP contribution in [0, 0.1) is 5.92 Å². The lowest BCUT2D eigenvalue weighted by molar-refractivity contribution is 0.0766. The third kappa shape index (κ3) is 1.68. The normalized spacial score (nSPS) is 29.4. The first-order valence-corrected chi connectivity index (χ1v) is 7.31. The Labute approximate surface area is 118 Å². The Bertz CT molecular complexity index is 652. The molecule has 2 heterocycles. The number of likely N-dealkylation sites (N-methyl/N-ethyl adjacent to an activating group) is 1. The molecule has 3 atom stereocenters. The van der Waals surface area contributed by atoms with E-state index < -0.39 is 0 Å². The Morgan fingerprint density at radius 3 is 3.10 bits per heavy atom. The highest BCUT2D eigenvalue weighted by atomic mass is 16.3. The van der Waals surface area contributed by atoms with Gasteiger partial charge in [0.15, 0.2) is 0 Å². The zero-order chi connectivity index (χ0) is 13.7. The van der Waals surface area contributed by atoms with E-state index in [9.17, 15) is 5.11 Å². The van der Waals surface area contributed by atoms with Crippen LogP contribution in [-0.4, -0.2) is 46.2 Å². The summed E-state index contributed by atoms with van der Waals surface area (Å²) in [5.74, 6) is 0.871. The van der Waals surface area contributed by atoms with Gasteiger partial charge in [0.05, 0.1) is 11.2 Å². The molecule has 4 heteroatoms. The van der Waals surface area contributed by atoms with Crippen LogP contribution < -0.4 is 0 Å². The van der Waals surface area contributed by atoms with E-state index in [0.717, 1.165) is 24.9 Å². The summed E-state index contributed by atoms with van der Waals surface area (Å²) in [6, 6.07) is 6.89. The number of fused-ring (bicyclic) bond motifs is 2. The third-order valence-electron chi connectivity index (χ3n) is 5.00. The van der Waals surface area contributed by atoms with Crippen LogP contribution in [0.5, 0.6) is 0 Å². The molecule has 0 amide bonds. The van der Waals surface area contributed by atoms with Crippen LogP contribution in [0.2, 0.25) is 0 Å². The molecule has 1 aromatic heterocycles. The molecule has 0 bridgehead atoms. The second-order valence-electron chi connectivity index (χ2n) is 6.16. The van der Waals surface area contributed by atoms with Crippen molar-refractivity contribution in [2.45, 2.75) is 24.8 Å². The van der Waals surface area contributed by atoms with E-state index >= 15 is 0 Å². The molecule has 1 fully saturated rings. The molecule has 20 heavy (non-hydrogen) atoms. The van der Waals surface area contributed by atoms with Gasteiger partial charge in [-0.25, -0.2) is 9.97 Å². The topological polar surface area (TPSA) is 49.2 Å². The van der Waals surface area contributed by atoms with Gasteiger partial charge in [0.1, 0.15) is 6.33 Å². The summed E-state index contributed by atoms with van der Waals surface area (Å²) in [6.07, 6.45) is 3.75. The van der Waals surface area contributed by atoms with Crippen LogP contribution in [0.1, 0.15) is 23.6 Å². The summed E-state index contributed by atoms with van der Waals surface area (Å²) >= 11 is 0. The van der Waals surface area contributed by atoms with Crippen LogP contribution in [0.15, 0.2) is 24.5 Å². The van der Waals surface area contributed by atoms with Gasteiger partial charge >= 0.3 is 0 Å². The molecule has 1 saturated heterocycles. The molecule has 1 aliphatic carbocycles. The number of aliphatic hydroxyl groups excluding tert-OH is 1. The van der Waals surface area contributed by atoms with Crippen molar-refractivity contribution in [2.24, 2.45) is 5.92 Å². The number of likely N-dealkylation sites (tertiary alicyclic amines) is 1. The number of benzene rings is 1. The summed E-state index contributed by atoms with van der Waals surface area (Å²) in [5.41, 5.74) is 3.61. The maximum Gasteiger partial charge on any atom is 0.116 e. The quantitative estimate of drug-likeness (QED) is 0.854. The first-order valence-electron chi connectivity index (χ1n) is 7.31. The molecule has 0 unspecified atom stereocenters. The number of piperidine rings is 1. The van der Waals surface area contributed by atoms with Crippen LogP contribution in [0.25, 0.3) is 10.9 Å². The van der Waals surface area contributed by atoms with Crippen molar-refractivity contribution in [1.82, 2.24) is 14.9 Å². The lowest BCUT2D eigenvalue weighted by atomic mass is 9.73. The molecule has 2 aliphatic rings. The zero-order valence-corrected chi connectivity index (χ0v) is 11.7. The van der Waals surface area contributed by atoms with Gasteiger partial charge in [-0.1, -0.05) is 12.1 Å². The van der Waals surface area contributed by atoms with Gasteiger partial charge in [0.2, 0.25) is 0 Å². The van der Waals surface area contributed by atoms with Crippen LogP contribution >= 0.6 is 0 Å². The van der Waals surface area contributed by atoms with E-state index in [1.807, 2.05) is 0 Å². The molecule has 4 nitrogen and oxygen atoms in total.